The minimum Gasteiger partial charge on any atom is -0.378 e. The van der Waals surface area contributed by atoms with Gasteiger partial charge in [0.05, 0.1) is 24.6 Å². The average Bonchev–Trinajstić information content (AvgIpc) is 2.59. The van der Waals surface area contributed by atoms with Crippen LogP contribution in [0.15, 0.2) is 41.2 Å². The van der Waals surface area contributed by atoms with Crippen molar-refractivity contribution in [1.82, 2.24) is 4.57 Å². The number of nitrogens with zero attached hydrogens (tertiary/aromatic N) is 2. The van der Waals surface area contributed by atoms with Crippen LogP contribution in [0.1, 0.15) is 11.4 Å². The highest BCUT2D eigenvalue weighted by Crippen LogP contribution is 2.26. The molecular weight excluding hydrogens is 318 g/mol. The minimum atomic E-state index is -0.115. The normalized spacial score (nSPS) is 14.4. The van der Waals surface area contributed by atoms with Crippen molar-refractivity contribution < 1.29 is 9.53 Å². The van der Waals surface area contributed by atoms with Gasteiger partial charge in [-0.2, -0.15) is 0 Å². The van der Waals surface area contributed by atoms with Gasteiger partial charge in [0.15, 0.2) is 5.43 Å². The summed E-state index contributed by atoms with van der Waals surface area (Å²) in [7, 11) is 0. The van der Waals surface area contributed by atoms with E-state index in [9.17, 15) is 9.59 Å². The number of nitrogens with one attached hydrogen (secondary N) is 1. The van der Waals surface area contributed by atoms with Gasteiger partial charge in [-0.05, 0) is 26.0 Å². The number of anilines is 2. The van der Waals surface area contributed by atoms with Gasteiger partial charge in [-0.15, -0.1) is 0 Å². The lowest BCUT2D eigenvalue weighted by atomic mass is 10.2. The molecular formula is C19H23N3O3. The summed E-state index contributed by atoms with van der Waals surface area (Å²) in [4.78, 5) is 26.3. The van der Waals surface area contributed by atoms with Gasteiger partial charge in [-0.1, -0.05) is 12.1 Å². The zero-order valence-electron chi connectivity index (χ0n) is 14.6. The van der Waals surface area contributed by atoms with Gasteiger partial charge >= 0.3 is 0 Å². The highest BCUT2D eigenvalue weighted by atomic mass is 16.5. The number of hydrogen-bond donors (Lipinski definition) is 1. The Labute approximate surface area is 147 Å². The van der Waals surface area contributed by atoms with Gasteiger partial charge in [0, 0.05) is 36.6 Å². The molecule has 2 heterocycles. The first-order valence-corrected chi connectivity index (χ1v) is 8.44. The number of rotatable bonds is 4. The van der Waals surface area contributed by atoms with E-state index < -0.39 is 0 Å². The standard InChI is InChI=1S/C19H23N3O3/c1-14-11-16(23)12-15(2)22(14)13-19(24)20-17-5-3-4-6-18(17)21-7-9-25-10-8-21/h3-6,11-12H,7-10,13H2,1-2H3,(H,20,24). The first-order chi connectivity index (χ1) is 12.0. The number of morpholine rings is 1. The van der Waals surface area contributed by atoms with Crippen LogP contribution in [0, 0.1) is 13.8 Å². The molecule has 1 aromatic carbocycles. The maximum Gasteiger partial charge on any atom is 0.244 e. The minimum absolute atomic E-state index is 0.0377. The molecule has 1 amide bonds. The van der Waals surface area contributed by atoms with Crippen molar-refractivity contribution in [3.8, 4) is 0 Å². The van der Waals surface area contributed by atoms with Crippen molar-refractivity contribution in [2.75, 3.05) is 36.5 Å². The number of carbonyl (C=O) groups excluding carboxylic acids is 1. The predicted octanol–water partition coefficient (Wildman–Crippen LogP) is 1.94. The number of amides is 1. The van der Waals surface area contributed by atoms with E-state index in [0.29, 0.717) is 13.2 Å². The molecule has 6 heteroatoms. The largest absolute Gasteiger partial charge is 0.378 e. The number of pyridine rings is 1. The summed E-state index contributed by atoms with van der Waals surface area (Å²) >= 11 is 0. The summed E-state index contributed by atoms with van der Waals surface area (Å²) < 4.78 is 7.24. The van der Waals surface area contributed by atoms with E-state index >= 15 is 0 Å². The fraction of sp³-hybridized carbons (Fsp3) is 0.368. The van der Waals surface area contributed by atoms with E-state index in [1.165, 1.54) is 0 Å². The van der Waals surface area contributed by atoms with Crippen molar-refractivity contribution >= 4 is 17.3 Å². The first-order valence-electron chi connectivity index (χ1n) is 8.44. The predicted molar refractivity (Wildman–Crippen MR) is 98.3 cm³/mol. The van der Waals surface area contributed by atoms with E-state index in [1.807, 2.05) is 42.7 Å². The van der Waals surface area contributed by atoms with E-state index in [4.69, 9.17) is 4.74 Å². The maximum atomic E-state index is 12.6. The summed E-state index contributed by atoms with van der Waals surface area (Å²) in [6, 6.07) is 10.9. The Balaban J connectivity index is 1.77. The molecule has 3 rings (SSSR count). The molecule has 0 saturated carbocycles. The number of benzene rings is 1. The first kappa shape index (κ1) is 17.2. The SMILES string of the molecule is Cc1cc(=O)cc(C)n1CC(=O)Nc1ccccc1N1CCOCC1. The third kappa shape index (κ3) is 4.09. The lowest BCUT2D eigenvalue weighted by Crippen LogP contribution is -2.36. The van der Waals surface area contributed by atoms with Gasteiger partial charge in [0.1, 0.15) is 6.54 Å². The Morgan fingerprint density at radius 2 is 1.76 bits per heavy atom. The average molecular weight is 341 g/mol. The third-order valence-corrected chi connectivity index (χ3v) is 4.39. The summed E-state index contributed by atoms with van der Waals surface area (Å²) in [5.74, 6) is -0.115. The van der Waals surface area contributed by atoms with Gasteiger partial charge in [0.25, 0.3) is 0 Å². The zero-order valence-corrected chi connectivity index (χ0v) is 14.6. The molecule has 1 saturated heterocycles. The van der Waals surface area contributed by atoms with Crippen LogP contribution in [0.2, 0.25) is 0 Å². The number of aryl methyl sites for hydroxylation is 2. The second-order valence-electron chi connectivity index (χ2n) is 6.22. The molecule has 2 aromatic rings. The van der Waals surface area contributed by atoms with Crippen LogP contribution in [0.5, 0.6) is 0 Å². The molecule has 1 aromatic heterocycles. The molecule has 132 valence electrons. The number of ether oxygens (including phenoxy) is 1. The number of hydrogen-bond acceptors (Lipinski definition) is 4. The summed E-state index contributed by atoms with van der Waals surface area (Å²) in [6.07, 6.45) is 0. The number of para-hydroxylation sites is 2. The third-order valence-electron chi connectivity index (χ3n) is 4.39. The van der Waals surface area contributed by atoms with Crippen molar-refractivity contribution in [1.29, 1.82) is 0 Å². The van der Waals surface area contributed by atoms with E-state index in [1.54, 1.807) is 12.1 Å². The smallest absolute Gasteiger partial charge is 0.244 e. The molecule has 0 spiro atoms. The van der Waals surface area contributed by atoms with E-state index in [2.05, 4.69) is 10.2 Å². The fourth-order valence-corrected chi connectivity index (χ4v) is 3.13. The van der Waals surface area contributed by atoms with Gasteiger partial charge < -0.3 is 19.5 Å². The lowest BCUT2D eigenvalue weighted by molar-refractivity contribution is -0.116. The van der Waals surface area contributed by atoms with Crippen LogP contribution in [0.4, 0.5) is 11.4 Å². The van der Waals surface area contributed by atoms with Crippen LogP contribution in [0.25, 0.3) is 0 Å². The molecule has 0 aliphatic carbocycles. The second kappa shape index (κ2) is 7.53. The highest BCUT2D eigenvalue weighted by Gasteiger charge is 2.16. The summed E-state index contributed by atoms with van der Waals surface area (Å²) in [6.45, 7) is 6.86. The molecule has 0 atom stereocenters. The highest BCUT2D eigenvalue weighted by molar-refractivity contribution is 5.94. The molecule has 1 fully saturated rings. The Morgan fingerprint density at radius 3 is 2.44 bits per heavy atom. The summed E-state index contributed by atoms with van der Waals surface area (Å²) in [5, 5.41) is 3.00. The van der Waals surface area contributed by atoms with Gasteiger partial charge in [-0.3, -0.25) is 9.59 Å². The van der Waals surface area contributed by atoms with Crippen molar-refractivity contribution in [3.63, 3.8) is 0 Å². The quantitative estimate of drug-likeness (QED) is 0.923. The monoisotopic (exact) mass is 341 g/mol. The maximum absolute atomic E-state index is 12.6. The zero-order chi connectivity index (χ0) is 17.8. The van der Waals surface area contributed by atoms with Crippen molar-refractivity contribution in [2.45, 2.75) is 20.4 Å². The molecule has 1 N–H and O–H groups in total. The summed E-state index contributed by atoms with van der Waals surface area (Å²) in [5.41, 5.74) is 3.32. The van der Waals surface area contributed by atoms with Crippen molar-refractivity contribution in [3.05, 3.63) is 58.0 Å². The topological polar surface area (TPSA) is 63.6 Å². The Bertz CT molecular complexity index is 797. The van der Waals surface area contributed by atoms with E-state index in [-0.39, 0.29) is 17.9 Å². The molecule has 25 heavy (non-hydrogen) atoms. The molecule has 0 unspecified atom stereocenters. The van der Waals surface area contributed by atoms with Crippen LogP contribution >= 0.6 is 0 Å². The molecule has 0 bridgehead atoms. The van der Waals surface area contributed by atoms with Crippen LogP contribution in [0.3, 0.4) is 0 Å². The Kier molecular flexibility index (Phi) is 5.19. The Morgan fingerprint density at radius 1 is 1.12 bits per heavy atom. The van der Waals surface area contributed by atoms with Gasteiger partial charge in [-0.25, -0.2) is 0 Å². The second-order valence-corrected chi connectivity index (χ2v) is 6.22. The van der Waals surface area contributed by atoms with Crippen molar-refractivity contribution in [2.24, 2.45) is 0 Å². The fourth-order valence-electron chi connectivity index (χ4n) is 3.13. The number of aromatic nitrogens is 1. The molecule has 6 nitrogen and oxygen atoms in total. The Hall–Kier alpha value is -2.60. The van der Waals surface area contributed by atoms with Crippen LogP contribution in [-0.2, 0) is 16.1 Å². The van der Waals surface area contributed by atoms with E-state index in [0.717, 1.165) is 35.9 Å². The number of carbonyl (C=O) groups is 1. The van der Waals surface area contributed by atoms with Gasteiger partial charge in [0.2, 0.25) is 5.91 Å². The van der Waals surface area contributed by atoms with Crippen LogP contribution in [-0.4, -0.2) is 36.8 Å². The molecule has 0 radical (unpaired) electrons. The molecule has 1 aliphatic rings. The van der Waals surface area contributed by atoms with Crippen LogP contribution < -0.4 is 15.6 Å². The lowest BCUT2D eigenvalue weighted by Gasteiger charge is -2.30. The molecule has 1 aliphatic heterocycles.